The maximum absolute atomic E-state index is 12.7. The third kappa shape index (κ3) is 5.97. The number of nitrogens with two attached hydrogens (primary N) is 1. The van der Waals surface area contributed by atoms with Gasteiger partial charge in [-0.15, -0.1) is 0 Å². The molecule has 31 heavy (non-hydrogen) atoms. The van der Waals surface area contributed by atoms with Crippen molar-refractivity contribution in [3.63, 3.8) is 0 Å². The monoisotopic (exact) mass is 470 g/mol. The summed E-state index contributed by atoms with van der Waals surface area (Å²) < 4.78 is 34.1. The number of halogens is 1. The number of ether oxygens (including phenoxy) is 1. The van der Waals surface area contributed by atoms with Gasteiger partial charge in [0.05, 0.1) is 29.1 Å². The number of hydrogen-bond acceptors (Lipinski definition) is 8. The number of esters is 1. The van der Waals surface area contributed by atoms with Crippen molar-refractivity contribution in [1.29, 1.82) is 0 Å². The minimum atomic E-state index is -4.18. The molecule has 1 aromatic heterocycles. The Morgan fingerprint density at radius 1 is 1.26 bits per heavy atom. The first-order chi connectivity index (χ1) is 14.6. The molecular formula is C19H23ClN4O6S. The van der Waals surface area contributed by atoms with E-state index in [4.69, 9.17) is 25.9 Å². The van der Waals surface area contributed by atoms with E-state index in [9.17, 15) is 18.0 Å². The van der Waals surface area contributed by atoms with Gasteiger partial charge in [0.1, 0.15) is 10.7 Å². The average molecular weight is 471 g/mol. The van der Waals surface area contributed by atoms with Crippen molar-refractivity contribution in [2.75, 3.05) is 45.2 Å². The van der Waals surface area contributed by atoms with E-state index in [0.717, 1.165) is 19.2 Å². The largest absolute Gasteiger partial charge is 0.467 e. The Balaban J connectivity index is 1.77. The Labute approximate surface area is 184 Å². The first-order valence-electron chi connectivity index (χ1n) is 9.41. The summed E-state index contributed by atoms with van der Waals surface area (Å²) in [5.74, 6) is -0.630. The van der Waals surface area contributed by atoms with Crippen molar-refractivity contribution < 1.29 is 27.2 Å². The topological polar surface area (TPSA) is 135 Å². The predicted molar refractivity (Wildman–Crippen MR) is 113 cm³/mol. The molecule has 2 aromatic rings. The van der Waals surface area contributed by atoms with Gasteiger partial charge in [0.2, 0.25) is 10.0 Å². The lowest BCUT2D eigenvalue weighted by Crippen LogP contribution is -2.48. The number of anilines is 1. The summed E-state index contributed by atoms with van der Waals surface area (Å²) in [5.41, 5.74) is 0.0944. The normalized spacial score (nSPS) is 15.0. The van der Waals surface area contributed by atoms with Crippen LogP contribution in [0, 0.1) is 0 Å². The second-order valence-corrected chi connectivity index (χ2v) is 9.00. The number of primary sulfonamides is 1. The van der Waals surface area contributed by atoms with Gasteiger partial charge in [-0.05, 0) is 31.3 Å². The van der Waals surface area contributed by atoms with Gasteiger partial charge in [-0.2, -0.15) is 0 Å². The van der Waals surface area contributed by atoms with Crippen LogP contribution in [0.2, 0.25) is 5.02 Å². The summed E-state index contributed by atoms with van der Waals surface area (Å²) in [6.07, 6.45) is 1.49. The Morgan fingerprint density at radius 2 is 1.97 bits per heavy atom. The molecule has 0 aliphatic carbocycles. The number of carbonyl (C=O) groups excluding carboxylic acids is 2. The number of nitrogens with one attached hydrogen (secondary N) is 1. The standard InChI is InChI=1S/C19H23ClN4O6S/c1-23-4-6-24(7-5-23)18(25)12-30-19(26)14-9-17(31(21,27)28)15(20)10-16(14)22-11-13-3-2-8-29-13/h2-3,8-10,22H,4-7,11-12H2,1H3,(H2,21,27,28). The van der Waals surface area contributed by atoms with Crippen LogP contribution in [-0.4, -0.2) is 69.9 Å². The molecule has 3 N–H and O–H groups in total. The first-order valence-corrected chi connectivity index (χ1v) is 11.3. The molecule has 0 bridgehead atoms. The SMILES string of the molecule is CN1CCN(C(=O)COC(=O)c2cc(S(N)(=O)=O)c(Cl)cc2NCc2ccco2)CC1. The van der Waals surface area contributed by atoms with Crippen LogP contribution in [0.5, 0.6) is 0 Å². The number of sulfonamides is 1. The lowest BCUT2D eigenvalue weighted by molar-refractivity contribution is -0.136. The van der Waals surface area contributed by atoms with E-state index in [-0.39, 0.29) is 28.7 Å². The van der Waals surface area contributed by atoms with Crippen molar-refractivity contribution in [2.45, 2.75) is 11.4 Å². The van der Waals surface area contributed by atoms with Crippen molar-refractivity contribution >= 4 is 39.2 Å². The number of nitrogens with zero attached hydrogens (tertiary/aromatic N) is 2. The molecule has 1 saturated heterocycles. The van der Waals surface area contributed by atoms with Gasteiger partial charge in [-0.1, -0.05) is 11.6 Å². The van der Waals surface area contributed by atoms with Gasteiger partial charge < -0.3 is 24.3 Å². The Morgan fingerprint density at radius 3 is 2.58 bits per heavy atom. The molecule has 10 nitrogen and oxygen atoms in total. The average Bonchev–Trinajstić information content (AvgIpc) is 3.23. The number of carbonyl (C=O) groups is 2. The molecule has 1 aliphatic heterocycles. The fourth-order valence-electron chi connectivity index (χ4n) is 3.03. The molecule has 1 amide bonds. The number of rotatable bonds is 7. The van der Waals surface area contributed by atoms with E-state index in [1.165, 1.54) is 12.3 Å². The van der Waals surface area contributed by atoms with Crippen molar-refractivity contribution in [3.8, 4) is 0 Å². The van der Waals surface area contributed by atoms with Crippen LogP contribution in [0.25, 0.3) is 0 Å². The van der Waals surface area contributed by atoms with Crippen molar-refractivity contribution in [3.05, 3.63) is 46.9 Å². The van der Waals surface area contributed by atoms with E-state index in [1.807, 2.05) is 7.05 Å². The summed E-state index contributed by atoms with van der Waals surface area (Å²) in [6, 6.07) is 5.72. The number of piperazine rings is 1. The van der Waals surface area contributed by atoms with Crippen LogP contribution < -0.4 is 10.5 Å². The zero-order chi connectivity index (χ0) is 22.6. The highest BCUT2D eigenvalue weighted by atomic mass is 35.5. The van der Waals surface area contributed by atoms with Gasteiger partial charge in [0.25, 0.3) is 5.91 Å². The molecule has 1 aliphatic rings. The second kappa shape index (κ2) is 9.69. The van der Waals surface area contributed by atoms with Crippen LogP contribution in [0.15, 0.2) is 39.8 Å². The molecule has 3 rings (SSSR count). The van der Waals surface area contributed by atoms with Gasteiger partial charge in [-0.3, -0.25) is 4.79 Å². The molecule has 0 radical (unpaired) electrons. The number of amides is 1. The summed E-state index contributed by atoms with van der Waals surface area (Å²) in [7, 11) is -2.22. The highest BCUT2D eigenvalue weighted by Crippen LogP contribution is 2.29. The number of furan rings is 1. The van der Waals surface area contributed by atoms with E-state index >= 15 is 0 Å². The molecule has 2 heterocycles. The van der Waals surface area contributed by atoms with Crippen LogP contribution in [0.4, 0.5) is 5.69 Å². The highest BCUT2D eigenvalue weighted by Gasteiger charge is 2.24. The summed E-state index contributed by atoms with van der Waals surface area (Å²) in [5, 5.41) is 7.99. The zero-order valence-electron chi connectivity index (χ0n) is 16.8. The minimum Gasteiger partial charge on any atom is -0.467 e. The Kier molecular flexibility index (Phi) is 7.21. The predicted octanol–water partition coefficient (Wildman–Crippen LogP) is 1.12. The van der Waals surface area contributed by atoms with Gasteiger partial charge in [-0.25, -0.2) is 18.4 Å². The molecule has 0 saturated carbocycles. The number of hydrogen-bond donors (Lipinski definition) is 2. The number of benzene rings is 1. The molecule has 0 unspecified atom stereocenters. The Bertz CT molecular complexity index is 1050. The van der Waals surface area contributed by atoms with Gasteiger partial charge >= 0.3 is 5.97 Å². The lowest BCUT2D eigenvalue weighted by atomic mass is 10.1. The maximum Gasteiger partial charge on any atom is 0.340 e. The minimum absolute atomic E-state index is 0.119. The molecule has 12 heteroatoms. The van der Waals surface area contributed by atoms with Gasteiger partial charge in [0, 0.05) is 26.2 Å². The zero-order valence-corrected chi connectivity index (χ0v) is 18.4. The van der Waals surface area contributed by atoms with Crippen LogP contribution in [-0.2, 0) is 26.1 Å². The maximum atomic E-state index is 12.7. The van der Waals surface area contributed by atoms with Crippen molar-refractivity contribution in [2.24, 2.45) is 5.14 Å². The molecule has 168 valence electrons. The third-order valence-corrected chi connectivity index (χ3v) is 6.19. The van der Waals surface area contributed by atoms with E-state index < -0.39 is 27.5 Å². The molecule has 0 spiro atoms. The smallest absolute Gasteiger partial charge is 0.340 e. The molecule has 0 atom stereocenters. The van der Waals surface area contributed by atoms with E-state index in [2.05, 4.69) is 10.2 Å². The summed E-state index contributed by atoms with van der Waals surface area (Å²) >= 11 is 6.05. The molecule has 1 fully saturated rings. The second-order valence-electron chi connectivity index (χ2n) is 7.07. The van der Waals surface area contributed by atoms with E-state index in [0.29, 0.717) is 18.8 Å². The van der Waals surface area contributed by atoms with Crippen LogP contribution in [0.1, 0.15) is 16.1 Å². The number of likely N-dealkylation sites (N-methyl/N-ethyl adjacent to an activating group) is 1. The van der Waals surface area contributed by atoms with Crippen LogP contribution >= 0.6 is 11.6 Å². The lowest BCUT2D eigenvalue weighted by Gasteiger charge is -2.32. The fourth-order valence-corrected chi connectivity index (χ4v) is 4.13. The quantitative estimate of drug-likeness (QED) is 0.575. The molecule has 1 aromatic carbocycles. The third-order valence-electron chi connectivity index (χ3n) is 4.81. The van der Waals surface area contributed by atoms with E-state index in [1.54, 1.807) is 17.0 Å². The molecular weight excluding hydrogens is 448 g/mol. The first kappa shape index (κ1) is 23.1. The fraction of sp³-hybridized carbons (Fsp3) is 0.368. The van der Waals surface area contributed by atoms with Crippen molar-refractivity contribution in [1.82, 2.24) is 9.80 Å². The van der Waals surface area contributed by atoms with Crippen LogP contribution in [0.3, 0.4) is 0 Å². The Hall–Kier alpha value is -2.60. The summed E-state index contributed by atoms with van der Waals surface area (Å²) in [6.45, 7) is 2.29. The van der Waals surface area contributed by atoms with Gasteiger partial charge in [0.15, 0.2) is 6.61 Å². The summed E-state index contributed by atoms with van der Waals surface area (Å²) in [4.78, 5) is 28.3. The highest BCUT2D eigenvalue weighted by molar-refractivity contribution is 7.89.